The molecule has 1 atom stereocenters. The van der Waals surface area contributed by atoms with Gasteiger partial charge in [0.15, 0.2) is 0 Å². The number of carbonyl (C=O) groups excluding carboxylic acids is 1. The van der Waals surface area contributed by atoms with Crippen molar-refractivity contribution in [3.63, 3.8) is 0 Å². The van der Waals surface area contributed by atoms with Crippen molar-refractivity contribution in [1.29, 1.82) is 5.26 Å². The molecule has 0 saturated carbocycles. The van der Waals surface area contributed by atoms with Gasteiger partial charge in [-0.2, -0.15) is 5.26 Å². The number of nitrogens with zero attached hydrogens (tertiary/aromatic N) is 4. The van der Waals surface area contributed by atoms with Crippen molar-refractivity contribution in [2.24, 2.45) is 5.92 Å². The maximum atomic E-state index is 12.0. The topological polar surface area (TPSA) is 83.0 Å². The normalized spacial score (nSPS) is 16.3. The highest BCUT2D eigenvalue weighted by Crippen LogP contribution is 2.37. The summed E-state index contributed by atoms with van der Waals surface area (Å²) in [6.45, 7) is 2.72. The Labute approximate surface area is 155 Å². The Morgan fingerprint density at radius 3 is 3.20 bits per heavy atom. The Morgan fingerprint density at radius 2 is 2.40 bits per heavy atom. The average molecular weight is 377 g/mol. The van der Waals surface area contributed by atoms with Gasteiger partial charge in [0, 0.05) is 18.5 Å². The van der Waals surface area contributed by atoms with Gasteiger partial charge in [-0.1, -0.05) is 18.7 Å². The van der Waals surface area contributed by atoms with E-state index in [2.05, 4.69) is 23.2 Å². The second kappa shape index (κ2) is 8.02. The Morgan fingerprint density at radius 1 is 1.56 bits per heavy atom. The fraction of sp³-hybridized carbons (Fsp3) is 0.529. The molecule has 0 spiro atoms. The number of amides is 1. The van der Waals surface area contributed by atoms with Gasteiger partial charge in [-0.05, 0) is 36.8 Å². The average Bonchev–Trinajstić information content (AvgIpc) is 3.23. The number of hydrogen-bond acceptors (Lipinski definition) is 7. The third-order valence-electron chi connectivity index (χ3n) is 4.25. The predicted molar refractivity (Wildman–Crippen MR) is 97.4 cm³/mol. The van der Waals surface area contributed by atoms with E-state index in [-0.39, 0.29) is 11.7 Å². The minimum Gasteiger partial charge on any atom is -0.410 e. The molecule has 25 heavy (non-hydrogen) atoms. The van der Waals surface area contributed by atoms with Gasteiger partial charge >= 0.3 is 0 Å². The summed E-state index contributed by atoms with van der Waals surface area (Å²) in [6.07, 6.45) is 3.81. The predicted octanol–water partition coefficient (Wildman–Crippen LogP) is 3.39. The molecule has 0 aromatic carbocycles. The fourth-order valence-electron chi connectivity index (χ4n) is 2.75. The standard InChI is InChI=1S/C17H20N4O2S2/c1-11-4-5-13-12(8-11)9-14(25-13)16-19-20-17(23-16)24-10-15(22)21(2)7-3-6-18/h9,11H,3-5,7-8,10H2,1-2H3/t11-/m0/s1. The Kier molecular flexibility index (Phi) is 5.76. The maximum absolute atomic E-state index is 12.0. The maximum Gasteiger partial charge on any atom is 0.277 e. The van der Waals surface area contributed by atoms with E-state index in [1.807, 2.05) is 6.07 Å². The summed E-state index contributed by atoms with van der Waals surface area (Å²) in [4.78, 5) is 15.9. The van der Waals surface area contributed by atoms with Crippen LogP contribution in [0.4, 0.5) is 0 Å². The minimum atomic E-state index is -0.0550. The molecule has 1 aliphatic carbocycles. The van der Waals surface area contributed by atoms with Crippen molar-refractivity contribution >= 4 is 29.0 Å². The highest BCUT2D eigenvalue weighted by atomic mass is 32.2. The van der Waals surface area contributed by atoms with Crippen molar-refractivity contribution in [3.05, 3.63) is 16.5 Å². The van der Waals surface area contributed by atoms with Crippen LogP contribution in [0.2, 0.25) is 0 Å². The summed E-state index contributed by atoms with van der Waals surface area (Å²) in [5.41, 5.74) is 1.40. The van der Waals surface area contributed by atoms with E-state index in [0.29, 0.717) is 24.1 Å². The van der Waals surface area contributed by atoms with Crippen LogP contribution in [-0.2, 0) is 17.6 Å². The molecule has 0 aliphatic heterocycles. The summed E-state index contributed by atoms with van der Waals surface area (Å²) >= 11 is 2.96. The molecule has 3 rings (SSSR count). The van der Waals surface area contributed by atoms with Crippen LogP contribution in [0.5, 0.6) is 0 Å². The van der Waals surface area contributed by atoms with E-state index >= 15 is 0 Å². The van der Waals surface area contributed by atoms with Gasteiger partial charge in [-0.3, -0.25) is 4.79 Å². The summed E-state index contributed by atoms with van der Waals surface area (Å²) in [7, 11) is 1.69. The molecule has 0 fully saturated rings. The summed E-state index contributed by atoms with van der Waals surface area (Å²) < 4.78 is 5.71. The first-order valence-corrected chi connectivity index (χ1v) is 10.1. The van der Waals surface area contributed by atoms with Crippen LogP contribution in [0, 0.1) is 17.2 Å². The zero-order chi connectivity index (χ0) is 17.8. The number of hydrogen-bond donors (Lipinski definition) is 0. The Balaban J connectivity index is 1.60. The molecule has 0 unspecified atom stereocenters. The number of aryl methyl sites for hydroxylation is 1. The zero-order valence-electron chi connectivity index (χ0n) is 14.3. The van der Waals surface area contributed by atoms with Crippen LogP contribution in [0.3, 0.4) is 0 Å². The highest BCUT2D eigenvalue weighted by molar-refractivity contribution is 7.99. The molecule has 6 nitrogen and oxygen atoms in total. The van der Waals surface area contributed by atoms with Crippen molar-refractivity contribution < 1.29 is 9.21 Å². The monoisotopic (exact) mass is 376 g/mol. The molecule has 1 aliphatic rings. The Bertz CT molecular complexity index is 793. The van der Waals surface area contributed by atoms with E-state index in [9.17, 15) is 4.79 Å². The van der Waals surface area contributed by atoms with Gasteiger partial charge in [-0.15, -0.1) is 21.5 Å². The summed E-state index contributed by atoms with van der Waals surface area (Å²) in [6, 6.07) is 4.20. The second-order valence-electron chi connectivity index (χ2n) is 6.29. The molecule has 0 radical (unpaired) electrons. The van der Waals surface area contributed by atoms with Crippen LogP contribution in [0.25, 0.3) is 10.8 Å². The molecule has 0 N–H and O–H groups in total. The van der Waals surface area contributed by atoms with Crippen molar-refractivity contribution in [1.82, 2.24) is 15.1 Å². The largest absolute Gasteiger partial charge is 0.410 e. The third kappa shape index (κ3) is 4.41. The van der Waals surface area contributed by atoms with Gasteiger partial charge in [-0.25, -0.2) is 0 Å². The lowest BCUT2D eigenvalue weighted by Gasteiger charge is -2.16. The van der Waals surface area contributed by atoms with Crippen LogP contribution in [0.1, 0.15) is 30.2 Å². The summed E-state index contributed by atoms with van der Waals surface area (Å²) in [5.74, 6) is 1.43. The fourth-order valence-corrected chi connectivity index (χ4v) is 4.59. The molecule has 2 heterocycles. The van der Waals surface area contributed by atoms with E-state index < -0.39 is 0 Å². The lowest BCUT2D eigenvalue weighted by atomic mass is 9.90. The number of thiophene rings is 1. The Hall–Kier alpha value is -1.85. The van der Waals surface area contributed by atoms with Crippen molar-refractivity contribution in [3.8, 4) is 16.8 Å². The number of nitriles is 1. The van der Waals surface area contributed by atoms with Crippen LogP contribution < -0.4 is 0 Å². The molecule has 0 bridgehead atoms. The van der Waals surface area contributed by atoms with E-state index in [0.717, 1.165) is 23.6 Å². The SMILES string of the molecule is C[C@H]1CCc2sc(-c3nnc(SCC(=O)N(C)CCC#N)o3)cc2C1. The number of thioether (sulfide) groups is 1. The van der Waals surface area contributed by atoms with E-state index in [4.69, 9.17) is 9.68 Å². The highest BCUT2D eigenvalue weighted by Gasteiger charge is 2.21. The van der Waals surface area contributed by atoms with Crippen LogP contribution >= 0.6 is 23.1 Å². The quantitative estimate of drug-likeness (QED) is 0.719. The van der Waals surface area contributed by atoms with E-state index in [1.54, 1.807) is 23.3 Å². The van der Waals surface area contributed by atoms with Crippen molar-refractivity contribution in [2.75, 3.05) is 19.3 Å². The lowest BCUT2D eigenvalue weighted by molar-refractivity contribution is -0.127. The van der Waals surface area contributed by atoms with E-state index in [1.165, 1.54) is 28.6 Å². The first kappa shape index (κ1) is 18.0. The molecule has 1 amide bonds. The smallest absolute Gasteiger partial charge is 0.277 e. The van der Waals surface area contributed by atoms with Crippen molar-refractivity contribution in [2.45, 2.75) is 37.8 Å². The van der Waals surface area contributed by atoms with Crippen LogP contribution in [-0.4, -0.2) is 40.3 Å². The molecule has 8 heteroatoms. The first-order valence-electron chi connectivity index (χ1n) is 8.26. The molecule has 2 aromatic rings. The molecule has 2 aromatic heterocycles. The second-order valence-corrected chi connectivity index (χ2v) is 8.36. The number of fused-ring (bicyclic) bond motifs is 1. The number of carbonyl (C=O) groups is 1. The minimum absolute atomic E-state index is 0.0550. The van der Waals surface area contributed by atoms with Crippen LogP contribution in [0.15, 0.2) is 15.7 Å². The van der Waals surface area contributed by atoms with Gasteiger partial charge < -0.3 is 9.32 Å². The van der Waals surface area contributed by atoms with Gasteiger partial charge in [0.05, 0.1) is 23.1 Å². The first-order chi connectivity index (χ1) is 12.1. The zero-order valence-corrected chi connectivity index (χ0v) is 16.0. The number of aromatic nitrogens is 2. The number of rotatable bonds is 6. The van der Waals surface area contributed by atoms with Gasteiger partial charge in [0.1, 0.15) is 0 Å². The lowest BCUT2D eigenvalue weighted by Crippen LogP contribution is -2.29. The molecule has 0 saturated heterocycles. The summed E-state index contributed by atoms with van der Waals surface area (Å²) in [5, 5.41) is 17.1. The molecule has 132 valence electrons. The molecular weight excluding hydrogens is 356 g/mol. The van der Waals surface area contributed by atoms with Gasteiger partial charge in [0.25, 0.3) is 11.1 Å². The third-order valence-corrected chi connectivity index (χ3v) is 6.28. The van der Waals surface area contributed by atoms with Gasteiger partial charge in [0.2, 0.25) is 5.91 Å². The molecular formula is C17H20N4O2S2.